The van der Waals surface area contributed by atoms with E-state index in [1.807, 2.05) is 7.05 Å². The van der Waals surface area contributed by atoms with E-state index in [0.717, 1.165) is 6.54 Å². The van der Waals surface area contributed by atoms with Gasteiger partial charge in [-0.15, -0.1) is 0 Å². The molecule has 1 heterocycles. The second-order valence-electron chi connectivity index (χ2n) is 3.83. The quantitative estimate of drug-likeness (QED) is 0.744. The lowest BCUT2D eigenvalue weighted by Crippen LogP contribution is -2.06. The molecule has 0 bridgehead atoms. The predicted octanol–water partition coefficient (Wildman–Crippen LogP) is 2.50. The maximum atomic E-state index is 3.28. The number of fused-ring (bicyclic) bond motifs is 1. The SMILES string of the molecule is CNCc1cc2c(C)c[nH]c2cc1C. The van der Waals surface area contributed by atoms with Crippen molar-refractivity contribution >= 4 is 10.9 Å². The molecule has 0 amide bonds. The standard InChI is InChI=1S/C12H16N2/c1-8-4-12-11(9(2)6-14-12)5-10(8)7-13-3/h4-6,13-14H,7H2,1-3H3. The molecule has 0 saturated heterocycles. The summed E-state index contributed by atoms with van der Waals surface area (Å²) in [6, 6.07) is 4.49. The largest absolute Gasteiger partial charge is 0.361 e. The summed E-state index contributed by atoms with van der Waals surface area (Å²) in [6.45, 7) is 5.23. The van der Waals surface area contributed by atoms with Gasteiger partial charge in [0.15, 0.2) is 0 Å². The van der Waals surface area contributed by atoms with E-state index in [0.29, 0.717) is 0 Å². The maximum Gasteiger partial charge on any atom is 0.0459 e. The van der Waals surface area contributed by atoms with E-state index in [2.05, 4.69) is 42.5 Å². The molecule has 0 aliphatic heterocycles. The minimum Gasteiger partial charge on any atom is -0.361 e. The molecule has 0 unspecified atom stereocenters. The number of hydrogen-bond acceptors (Lipinski definition) is 1. The van der Waals surface area contributed by atoms with Gasteiger partial charge < -0.3 is 10.3 Å². The van der Waals surface area contributed by atoms with Crippen LogP contribution < -0.4 is 5.32 Å². The van der Waals surface area contributed by atoms with Crippen LogP contribution in [0.1, 0.15) is 16.7 Å². The molecule has 0 fully saturated rings. The third-order valence-corrected chi connectivity index (χ3v) is 2.71. The third-order valence-electron chi connectivity index (χ3n) is 2.71. The normalized spacial score (nSPS) is 11.1. The number of aromatic amines is 1. The average molecular weight is 188 g/mol. The van der Waals surface area contributed by atoms with Gasteiger partial charge in [0.25, 0.3) is 0 Å². The predicted molar refractivity (Wildman–Crippen MR) is 60.5 cm³/mol. The van der Waals surface area contributed by atoms with Crippen molar-refractivity contribution in [3.05, 3.63) is 35.0 Å². The van der Waals surface area contributed by atoms with Crippen LogP contribution in [-0.2, 0) is 6.54 Å². The first-order valence-corrected chi connectivity index (χ1v) is 4.94. The monoisotopic (exact) mass is 188 g/mol. The van der Waals surface area contributed by atoms with Gasteiger partial charge in [-0.2, -0.15) is 0 Å². The van der Waals surface area contributed by atoms with Gasteiger partial charge in [0, 0.05) is 23.6 Å². The highest BCUT2D eigenvalue weighted by atomic mass is 14.8. The van der Waals surface area contributed by atoms with Crippen molar-refractivity contribution in [2.75, 3.05) is 7.05 Å². The Balaban J connectivity index is 2.61. The summed E-state index contributed by atoms with van der Waals surface area (Å²) in [5.74, 6) is 0. The number of hydrogen-bond donors (Lipinski definition) is 2. The lowest BCUT2D eigenvalue weighted by atomic mass is 10.0. The highest BCUT2D eigenvalue weighted by Crippen LogP contribution is 2.21. The first-order valence-electron chi connectivity index (χ1n) is 4.94. The minimum absolute atomic E-state index is 0.937. The summed E-state index contributed by atoms with van der Waals surface area (Å²) in [7, 11) is 1.98. The van der Waals surface area contributed by atoms with E-state index < -0.39 is 0 Å². The van der Waals surface area contributed by atoms with Gasteiger partial charge in [-0.1, -0.05) is 0 Å². The van der Waals surface area contributed by atoms with Crippen LogP contribution in [0.25, 0.3) is 10.9 Å². The van der Waals surface area contributed by atoms with Gasteiger partial charge in [0.2, 0.25) is 0 Å². The highest BCUT2D eigenvalue weighted by molar-refractivity contribution is 5.84. The molecule has 1 aromatic carbocycles. The molecule has 74 valence electrons. The molecule has 0 saturated carbocycles. The number of aromatic nitrogens is 1. The van der Waals surface area contributed by atoms with Crippen LogP contribution in [0.3, 0.4) is 0 Å². The Labute approximate surface area is 84.3 Å². The van der Waals surface area contributed by atoms with Crippen molar-refractivity contribution in [3.63, 3.8) is 0 Å². The van der Waals surface area contributed by atoms with E-state index in [-0.39, 0.29) is 0 Å². The van der Waals surface area contributed by atoms with Crippen molar-refractivity contribution < 1.29 is 0 Å². The number of H-pyrrole nitrogens is 1. The van der Waals surface area contributed by atoms with Gasteiger partial charge in [0.05, 0.1) is 0 Å². The minimum atomic E-state index is 0.937. The maximum absolute atomic E-state index is 3.28. The Kier molecular flexibility index (Phi) is 2.30. The lowest BCUT2D eigenvalue weighted by Gasteiger charge is -2.05. The van der Waals surface area contributed by atoms with Crippen molar-refractivity contribution in [2.24, 2.45) is 0 Å². The number of nitrogens with one attached hydrogen (secondary N) is 2. The van der Waals surface area contributed by atoms with Crippen LogP contribution >= 0.6 is 0 Å². The summed E-state index contributed by atoms with van der Waals surface area (Å²) in [5, 5.41) is 4.53. The molecular formula is C12H16N2. The van der Waals surface area contributed by atoms with E-state index >= 15 is 0 Å². The zero-order chi connectivity index (χ0) is 10.1. The molecule has 0 aliphatic carbocycles. The Morgan fingerprint density at radius 3 is 2.71 bits per heavy atom. The topological polar surface area (TPSA) is 27.8 Å². The van der Waals surface area contributed by atoms with Crippen molar-refractivity contribution in [1.29, 1.82) is 0 Å². The van der Waals surface area contributed by atoms with Crippen LogP contribution in [0, 0.1) is 13.8 Å². The number of rotatable bonds is 2. The molecule has 2 heteroatoms. The van der Waals surface area contributed by atoms with Crippen LogP contribution in [0.2, 0.25) is 0 Å². The molecule has 0 radical (unpaired) electrons. The molecule has 2 nitrogen and oxygen atoms in total. The van der Waals surface area contributed by atoms with Crippen LogP contribution in [-0.4, -0.2) is 12.0 Å². The second-order valence-corrected chi connectivity index (χ2v) is 3.83. The highest BCUT2D eigenvalue weighted by Gasteiger charge is 2.03. The second kappa shape index (κ2) is 3.46. The van der Waals surface area contributed by atoms with E-state index in [1.165, 1.54) is 27.6 Å². The molecule has 14 heavy (non-hydrogen) atoms. The van der Waals surface area contributed by atoms with Gasteiger partial charge in [0.1, 0.15) is 0 Å². The first-order chi connectivity index (χ1) is 6.72. The van der Waals surface area contributed by atoms with Gasteiger partial charge >= 0.3 is 0 Å². The fraction of sp³-hybridized carbons (Fsp3) is 0.333. The molecular weight excluding hydrogens is 172 g/mol. The fourth-order valence-corrected chi connectivity index (χ4v) is 1.84. The zero-order valence-electron chi connectivity index (χ0n) is 8.94. The van der Waals surface area contributed by atoms with Crippen LogP contribution in [0.5, 0.6) is 0 Å². The Hall–Kier alpha value is -1.28. The smallest absolute Gasteiger partial charge is 0.0459 e. The summed E-state index contributed by atoms with van der Waals surface area (Å²) >= 11 is 0. The van der Waals surface area contributed by atoms with Crippen molar-refractivity contribution in [1.82, 2.24) is 10.3 Å². The van der Waals surface area contributed by atoms with Gasteiger partial charge in [-0.25, -0.2) is 0 Å². The Morgan fingerprint density at radius 2 is 2.00 bits per heavy atom. The lowest BCUT2D eigenvalue weighted by molar-refractivity contribution is 0.813. The molecule has 0 atom stereocenters. The average Bonchev–Trinajstić information content (AvgIpc) is 2.49. The fourth-order valence-electron chi connectivity index (χ4n) is 1.84. The summed E-state index contributed by atoms with van der Waals surface area (Å²) in [5.41, 5.74) is 5.27. The molecule has 0 aliphatic rings. The summed E-state index contributed by atoms with van der Waals surface area (Å²) in [4.78, 5) is 3.28. The van der Waals surface area contributed by atoms with Crippen LogP contribution in [0.4, 0.5) is 0 Å². The van der Waals surface area contributed by atoms with Crippen molar-refractivity contribution in [2.45, 2.75) is 20.4 Å². The molecule has 2 N–H and O–H groups in total. The van der Waals surface area contributed by atoms with E-state index in [1.54, 1.807) is 0 Å². The molecule has 1 aromatic heterocycles. The third kappa shape index (κ3) is 1.42. The van der Waals surface area contributed by atoms with Gasteiger partial charge in [-0.3, -0.25) is 0 Å². The van der Waals surface area contributed by atoms with Crippen LogP contribution in [0.15, 0.2) is 18.3 Å². The summed E-state index contributed by atoms with van der Waals surface area (Å²) < 4.78 is 0. The van der Waals surface area contributed by atoms with Crippen molar-refractivity contribution in [3.8, 4) is 0 Å². The summed E-state index contributed by atoms with van der Waals surface area (Å²) in [6.07, 6.45) is 2.06. The number of benzene rings is 1. The number of aryl methyl sites for hydroxylation is 2. The zero-order valence-corrected chi connectivity index (χ0v) is 8.94. The van der Waals surface area contributed by atoms with Gasteiger partial charge in [-0.05, 0) is 49.7 Å². The van der Waals surface area contributed by atoms with E-state index in [4.69, 9.17) is 0 Å². The molecule has 2 rings (SSSR count). The first kappa shape index (κ1) is 9.28. The molecule has 0 spiro atoms. The Bertz CT molecular complexity index is 455. The van der Waals surface area contributed by atoms with E-state index in [9.17, 15) is 0 Å². The molecule has 2 aromatic rings. The Morgan fingerprint density at radius 1 is 1.21 bits per heavy atom.